The Hall–Kier alpha value is -2.06. The van der Waals surface area contributed by atoms with E-state index in [0.29, 0.717) is 0 Å². The van der Waals surface area contributed by atoms with E-state index in [0.717, 1.165) is 24.6 Å². The van der Waals surface area contributed by atoms with Gasteiger partial charge >= 0.3 is 6.18 Å². The summed E-state index contributed by atoms with van der Waals surface area (Å²) >= 11 is 6.03. The van der Waals surface area contributed by atoms with Gasteiger partial charge in [0.1, 0.15) is 5.82 Å². The van der Waals surface area contributed by atoms with Crippen LogP contribution in [0, 0.1) is 5.92 Å². The molecule has 0 saturated heterocycles. The predicted octanol–water partition coefficient (Wildman–Crippen LogP) is 5.20. The third-order valence-corrected chi connectivity index (χ3v) is 4.94. The quantitative estimate of drug-likeness (QED) is 0.581. The van der Waals surface area contributed by atoms with Crippen molar-refractivity contribution in [1.29, 1.82) is 0 Å². The molecule has 2 aromatic rings. The number of nitrogens with one attached hydrogen (secondary N) is 2. The Bertz CT molecular complexity index is 840. The SMILES string of the molecule is CC(C)[C@@H](CO)Nc1nc(Nc2c(Cl)cccc2C(F)(F)F)cc(C2CC2)n1. The third-order valence-electron chi connectivity index (χ3n) is 4.63. The van der Waals surface area contributed by atoms with Gasteiger partial charge in [-0.15, -0.1) is 0 Å². The lowest BCUT2D eigenvalue weighted by atomic mass is 10.1. The van der Waals surface area contributed by atoms with Crippen molar-refractivity contribution in [2.75, 3.05) is 17.2 Å². The maximum Gasteiger partial charge on any atom is 0.418 e. The van der Waals surface area contributed by atoms with Crippen LogP contribution in [-0.2, 0) is 6.18 Å². The first-order valence-corrected chi connectivity index (χ1v) is 9.46. The summed E-state index contributed by atoms with van der Waals surface area (Å²) in [5, 5.41) is 15.3. The first-order chi connectivity index (χ1) is 13.2. The predicted molar refractivity (Wildman–Crippen MR) is 103 cm³/mol. The number of aliphatic hydroxyl groups excluding tert-OH is 1. The van der Waals surface area contributed by atoms with Crippen LogP contribution >= 0.6 is 11.6 Å². The number of hydrogen-bond acceptors (Lipinski definition) is 5. The molecule has 0 bridgehead atoms. The molecule has 0 aliphatic heterocycles. The maximum absolute atomic E-state index is 13.4. The number of halogens is 4. The molecule has 1 aromatic carbocycles. The van der Waals surface area contributed by atoms with E-state index in [-0.39, 0.29) is 47.0 Å². The van der Waals surface area contributed by atoms with Crippen molar-refractivity contribution < 1.29 is 18.3 Å². The van der Waals surface area contributed by atoms with E-state index >= 15 is 0 Å². The van der Waals surface area contributed by atoms with Crippen molar-refractivity contribution in [1.82, 2.24) is 9.97 Å². The molecule has 9 heteroatoms. The summed E-state index contributed by atoms with van der Waals surface area (Å²) in [4.78, 5) is 8.78. The van der Waals surface area contributed by atoms with Crippen LogP contribution in [0.25, 0.3) is 0 Å². The zero-order chi connectivity index (χ0) is 20.5. The molecule has 152 valence electrons. The van der Waals surface area contributed by atoms with Crippen molar-refractivity contribution >= 4 is 29.1 Å². The molecule has 1 aliphatic carbocycles. The van der Waals surface area contributed by atoms with Gasteiger partial charge in [0.05, 0.1) is 34.6 Å². The van der Waals surface area contributed by atoms with Crippen molar-refractivity contribution in [2.24, 2.45) is 5.92 Å². The van der Waals surface area contributed by atoms with Crippen molar-refractivity contribution in [2.45, 2.75) is 44.8 Å². The van der Waals surface area contributed by atoms with E-state index in [1.807, 2.05) is 13.8 Å². The van der Waals surface area contributed by atoms with E-state index in [1.165, 1.54) is 12.1 Å². The molecule has 0 unspecified atom stereocenters. The Morgan fingerprint density at radius 3 is 2.54 bits per heavy atom. The third kappa shape index (κ3) is 4.86. The van der Waals surface area contributed by atoms with Crippen molar-refractivity contribution in [3.63, 3.8) is 0 Å². The number of nitrogens with zero attached hydrogens (tertiary/aromatic N) is 2. The molecule has 3 N–H and O–H groups in total. The highest BCUT2D eigenvalue weighted by Gasteiger charge is 2.35. The Kier molecular flexibility index (Phi) is 6.00. The highest BCUT2D eigenvalue weighted by Crippen LogP contribution is 2.42. The number of hydrogen-bond donors (Lipinski definition) is 3. The van der Waals surface area contributed by atoms with Gasteiger partial charge in [-0.3, -0.25) is 0 Å². The summed E-state index contributed by atoms with van der Waals surface area (Å²) in [6.07, 6.45) is -2.60. The number of rotatable bonds is 7. The average molecular weight is 415 g/mol. The van der Waals surface area contributed by atoms with Gasteiger partial charge < -0.3 is 15.7 Å². The van der Waals surface area contributed by atoms with Gasteiger partial charge in [0.2, 0.25) is 5.95 Å². The Labute approximate surface area is 166 Å². The molecule has 5 nitrogen and oxygen atoms in total. The zero-order valence-corrected chi connectivity index (χ0v) is 16.3. The topological polar surface area (TPSA) is 70.1 Å². The van der Waals surface area contributed by atoms with Gasteiger partial charge in [-0.05, 0) is 30.9 Å². The summed E-state index contributed by atoms with van der Waals surface area (Å²) in [5.74, 6) is 0.873. The van der Waals surface area contributed by atoms with Crippen LogP contribution in [-0.4, -0.2) is 27.7 Å². The number of aliphatic hydroxyl groups is 1. The minimum atomic E-state index is -4.56. The van der Waals surface area contributed by atoms with Gasteiger partial charge in [-0.25, -0.2) is 4.98 Å². The fraction of sp³-hybridized carbons (Fsp3) is 0.474. The molecule has 0 amide bonds. The Morgan fingerprint density at radius 1 is 1.25 bits per heavy atom. The minimum Gasteiger partial charge on any atom is -0.394 e. The first kappa shape index (κ1) is 20.7. The number of alkyl halides is 3. The second-order valence-electron chi connectivity index (χ2n) is 7.24. The molecule has 1 aromatic heterocycles. The van der Waals surface area contributed by atoms with Crippen LogP contribution in [0.3, 0.4) is 0 Å². The van der Waals surface area contributed by atoms with Gasteiger partial charge in [0.15, 0.2) is 0 Å². The fourth-order valence-corrected chi connectivity index (χ4v) is 3.01. The Morgan fingerprint density at radius 2 is 1.96 bits per heavy atom. The summed E-state index contributed by atoms with van der Waals surface area (Å²) in [7, 11) is 0. The van der Waals surface area contributed by atoms with Crippen LogP contribution < -0.4 is 10.6 Å². The molecular formula is C19H22ClF3N4O. The van der Waals surface area contributed by atoms with E-state index in [1.54, 1.807) is 6.07 Å². The van der Waals surface area contributed by atoms with Gasteiger partial charge in [0, 0.05) is 12.0 Å². The monoisotopic (exact) mass is 414 g/mol. The Balaban J connectivity index is 1.97. The van der Waals surface area contributed by atoms with Crippen molar-refractivity contribution in [3.8, 4) is 0 Å². The van der Waals surface area contributed by atoms with Gasteiger partial charge in [-0.1, -0.05) is 31.5 Å². The highest BCUT2D eigenvalue weighted by molar-refractivity contribution is 6.33. The van der Waals surface area contributed by atoms with Crippen LogP contribution in [0.4, 0.5) is 30.6 Å². The number of para-hydroxylation sites is 1. The molecule has 3 rings (SSSR count). The lowest BCUT2D eigenvalue weighted by Crippen LogP contribution is -2.30. The molecule has 1 aliphatic rings. The molecule has 0 spiro atoms. The molecule has 1 atom stereocenters. The smallest absolute Gasteiger partial charge is 0.394 e. The number of aromatic nitrogens is 2. The van der Waals surface area contributed by atoms with Crippen LogP contribution in [0.5, 0.6) is 0 Å². The molecular weight excluding hydrogens is 393 g/mol. The molecule has 1 fully saturated rings. The fourth-order valence-electron chi connectivity index (χ4n) is 2.79. The number of anilines is 3. The summed E-state index contributed by atoms with van der Waals surface area (Å²) < 4.78 is 40.1. The van der Waals surface area contributed by atoms with E-state index in [9.17, 15) is 18.3 Å². The molecule has 1 saturated carbocycles. The molecule has 28 heavy (non-hydrogen) atoms. The maximum atomic E-state index is 13.4. The van der Waals surface area contributed by atoms with Gasteiger partial charge in [-0.2, -0.15) is 18.2 Å². The average Bonchev–Trinajstić information content (AvgIpc) is 3.45. The zero-order valence-electron chi connectivity index (χ0n) is 15.5. The first-order valence-electron chi connectivity index (χ1n) is 9.08. The van der Waals surface area contributed by atoms with Crippen LogP contribution in [0.15, 0.2) is 24.3 Å². The van der Waals surface area contributed by atoms with Crippen LogP contribution in [0.2, 0.25) is 5.02 Å². The lowest BCUT2D eigenvalue weighted by molar-refractivity contribution is -0.136. The van der Waals surface area contributed by atoms with E-state index in [2.05, 4.69) is 20.6 Å². The minimum absolute atomic E-state index is 0.0497. The standard InChI is InChI=1S/C19H22ClF3N4O/c1-10(2)15(9-28)25-18-24-14(11-6-7-11)8-16(27-18)26-17-12(19(21,22)23)4-3-5-13(17)20/h3-5,8,10-11,15,28H,6-7,9H2,1-2H3,(H2,24,25,26,27)/t15-/m1/s1. The normalized spacial score (nSPS) is 15.6. The summed E-state index contributed by atoms with van der Waals surface area (Å²) in [6, 6.07) is 5.00. The van der Waals surface area contributed by atoms with Crippen molar-refractivity contribution in [3.05, 3.63) is 40.5 Å². The van der Waals surface area contributed by atoms with E-state index in [4.69, 9.17) is 11.6 Å². The second kappa shape index (κ2) is 8.13. The molecule has 0 radical (unpaired) electrons. The second-order valence-corrected chi connectivity index (χ2v) is 7.65. The largest absolute Gasteiger partial charge is 0.418 e. The summed E-state index contributed by atoms with van der Waals surface area (Å²) in [5.41, 5.74) is -0.358. The summed E-state index contributed by atoms with van der Waals surface area (Å²) in [6.45, 7) is 3.77. The number of benzene rings is 1. The molecule has 1 heterocycles. The van der Waals surface area contributed by atoms with Crippen LogP contribution in [0.1, 0.15) is 43.9 Å². The lowest BCUT2D eigenvalue weighted by Gasteiger charge is -2.21. The van der Waals surface area contributed by atoms with E-state index < -0.39 is 11.7 Å². The van der Waals surface area contributed by atoms with Gasteiger partial charge in [0.25, 0.3) is 0 Å². The highest BCUT2D eigenvalue weighted by atomic mass is 35.5.